The highest BCUT2D eigenvalue weighted by molar-refractivity contribution is 5.96. The van der Waals surface area contributed by atoms with Crippen molar-refractivity contribution in [2.24, 2.45) is 0 Å². The molecule has 2 aromatic rings. The van der Waals surface area contributed by atoms with Crippen molar-refractivity contribution in [2.45, 2.75) is 39.3 Å². The molecule has 2 aromatic carbocycles. The van der Waals surface area contributed by atoms with Crippen LogP contribution in [0.25, 0.3) is 0 Å². The number of likely N-dealkylation sites (N-methyl/N-ethyl adjacent to an activating group) is 1. The van der Waals surface area contributed by atoms with Crippen molar-refractivity contribution in [3.63, 3.8) is 0 Å². The second-order valence-corrected chi connectivity index (χ2v) is 8.89. The van der Waals surface area contributed by atoms with E-state index in [0.717, 1.165) is 35.4 Å². The van der Waals surface area contributed by atoms with Gasteiger partial charge in [0, 0.05) is 43.3 Å². The van der Waals surface area contributed by atoms with Crippen LogP contribution in [-0.4, -0.2) is 54.3 Å². The number of amides is 2. The number of cyclic esters (lactones) is 1. The fraction of sp³-hybridized carbons (Fsp3) is 0.385. The summed E-state index contributed by atoms with van der Waals surface area (Å²) in [6, 6.07) is 13.2. The summed E-state index contributed by atoms with van der Waals surface area (Å²) in [5.41, 5.74) is 6.93. The number of piperidine rings is 1. The molecule has 8 nitrogen and oxygen atoms in total. The van der Waals surface area contributed by atoms with Gasteiger partial charge in [0.15, 0.2) is 0 Å². The second-order valence-electron chi connectivity index (χ2n) is 8.89. The molecule has 0 unspecified atom stereocenters. The first-order chi connectivity index (χ1) is 16.4. The van der Waals surface area contributed by atoms with E-state index < -0.39 is 0 Å². The van der Waals surface area contributed by atoms with Crippen LogP contribution in [-0.2, 0) is 11.3 Å². The molecule has 0 radical (unpaired) electrons. The Hall–Kier alpha value is -3.52. The van der Waals surface area contributed by atoms with Crippen molar-refractivity contribution in [2.75, 3.05) is 41.5 Å². The Morgan fingerprint density at radius 2 is 1.94 bits per heavy atom. The van der Waals surface area contributed by atoms with Crippen molar-refractivity contribution in [1.29, 1.82) is 0 Å². The van der Waals surface area contributed by atoms with Crippen LogP contribution in [0.3, 0.4) is 0 Å². The van der Waals surface area contributed by atoms with Gasteiger partial charge >= 0.3 is 6.09 Å². The lowest BCUT2D eigenvalue weighted by Gasteiger charge is -2.41. The summed E-state index contributed by atoms with van der Waals surface area (Å²) < 4.78 is 5.40. The van der Waals surface area contributed by atoms with Gasteiger partial charge in [-0.1, -0.05) is 30.4 Å². The molecule has 0 aliphatic carbocycles. The number of benzene rings is 2. The Labute approximate surface area is 200 Å². The Morgan fingerprint density at radius 3 is 2.62 bits per heavy atom. The number of carbonyl (C=O) groups is 2. The predicted octanol–water partition coefficient (Wildman–Crippen LogP) is 4.65. The van der Waals surface area contributed by atoms with Crippen molar-refractivity contribution >= 4 is 29.1 Å². The van der Waals surface area contributed by atoms with Crippen molar-refractivity contribution in [3.05, 3.63) is 65.7 Å². The van der Waals surface area contributed by atoms with Gasteiger partial charge in [-0.05, 0) is 51.0 Å². The Bertz CT molecular complexity index is 1080. The third kappa shape index (κ3) is 4.72. The van der Waals surface area contributed by atoms with E-state index in [-0.39, 0.29) is 18.0 Å². The fourth-order valence-corrected chi connectivity index (χ4v) is 4.76. The summed E-state index contributed by atoms with van der Waals surface area (Å²) in [6.45, 7) is 10.5. The van der Waals surface area contributed by atoms with Crippen LogP contribution in [0.15, 0.2) is 54.6 Å². The minimum absolute atomic E-state index is 0.0387. The third-order valence-electron chi connectivity index (χ3n) is 6.46. The number of fused-ring (bicyclic) bond motifs is 1. The molecule has 2 heterocycles. The number of nitrogens with zero attached hydrogens (tertiary/aromatic N) is 3. The van der Waals surface area contributed by atoms with Gasteiger partial charge < -0.3 is 14.5 Å². The molecule has 4 rings (SSSR count). The standard InChI is InChI=1S/C26H32N4O4/c1-4-28(16-18(2)3)25(31)19-9-10-24(22(15-19)27-33)29-13-11-21(12-14-29)30-23-8-6-5-7-20(23)17-34-26(30)32/h5-10,15,21,27,33H,2,4,11-14,16-17H2,1,3H3. The maximum Gasteiger partial charge on any atom is 0.414 e. The Morgan fingerprint density at radius 1 is 1.21 bits per heavy atom. The summed E-state index contributed by atoms with van der Waals surface area (Å²) >= 11 is 0. The SMILES string of the molecule is C=C(C)CN(CC)C(=O)c1ccc(N2CCC(N3C(=O)OCc4ccccc43)CC2)c(NO)c1. The van der Waals surface area contributed by atoms with Gasteiger partial charge in [0.25, 0.3) is 5.91 Å². The number of nitrogens with one attached hydrogen (secondary N) is 1. The second kappa shape index (κ2) is 10.2. The summed E-state index contributed by atoms with van der Waals surface area (Å²) in [6.07, 6.45) is 1.22. The van der Waals surface area contributed by atoms with Crippen LogP contribution in [0, 0.1) is 0 Å². The van der Waals surface area contributed by atoms with Crippen LogP contribution in [0.1, 0.15) is 42.6 Å². The van der Waals surface area contributed by atoms with Crippen LogP contribution < -0.4 is 15.3 Å². The summed E-state index contributed by atoms with van der Waals surface area (Å²) in [4.78, 5) is 31.2. The van der Waals surface area contributed by atoms with E-state index in [1.54, 1.807) is 21.9 Å². The van der Waals surface area contributed by atoms with Gasteiger partial charge in [0.2, 0.25) is 0 Å². The number of ether oxygens (including phenoxy) is 1. The molecule has 2 amide bonds. The van der Waals surface area contributed by atoms with Gasteiger partial charge in [0.1, 0.15) is 6.61 Å². The van der Waals surface area contributed by atoms with Crippen molar-refractivity contribution < 1.29 is 19.5 Å². The lowest BCUT2D eigenvalue weighted by atomic mass is 9.99. The number of hydrogen-bond donors (Lipinski definition) is 2. The third-order valence-corrected chi connectivity index (χ3v) is 6.46. The first-order valence-electron chi connectivity index (χ1n) is 11.7. The average molecular weight is 465 g/mol. The van der Waals surface area contributed by atoms with Crippen molar-refractivity contribution in [3.8, 4) is 0 Å². The number of hydrogen-bond acceptors (Lipinski definition) is 6. The van der Waals surface area contributed by atoms with E-state index >= 15 is 0 Å². The Kier molecular flexibility index (Phi) is 7.07. The normalized spacial score (nSPS) is 16.0. The largest absolute Gasteiger partial charge is 0.444 e. The van der Waals surface area contributed by atoms with E-state index in [9.17, 15) is 14.8 Å². The quantitative estimate of drug-likeness (QED) is 0.458. The molecule has 2 aliphatic rings. The van der Waals surface area contributed by atoms with Gasteiger partial charge in [-0.25, -0.2) is 4.79 Å². The molecular weight excluding hydrogens is 432 g/mol. The Balaban J connectivity index is 1.48. The van der Waals surface area contributed by atoms with Crippen LogP contribution >= 0.6 is 0 Å². The van der Waals surface area contributed by atoms with Crippen LogP contribution in [0.2, 0.25) is 0 Å². The molecule has 0 saturated carbocycles. The zero-order valence-electron chi connectivity index (χ0n) is 19.8. The van der Waals surface area contributed by atoms with Gasteiger partial charge in [0.05, 0.1) is 17.1 Å². The fourth-order valence-electron chi connectivity index (χ4n) is 4.76. The summed E-state index contributed by atoms with van der Waals surface area (Å²) in [5.74, 6) is -0.102. The molecule has 1 saturated heterocycles. The molecule has 0 spiro atoms. The minimum Gasteiger partial charge on any atom is -0.444 e. The molecular formula is C26H32N4O4. The molecule has 0 bridgehead atoms. The number of carbonyl (C=O) groups excluding carboxylic acids is 2. The van der Waals surface area contributed by atoms with Crippen molar-refractivity contribution in [1.82, 2.24) is 4.90 Å². The monoisotopic (exact) mass is 464 g/mol. The van der Waals surface area contributed by atoms with Gasteiger partial charge in [-0.3, -0.25) is 20.4 Å². The minimum atomic E-state index is -0.298. The summed E-state index contributed by atoms with van der Waals surface area (Å²) in [5, 5.41) is 9.81. The average Bonchev–Trinajstić information content (AvgIpc) is 2.86. The summed E-state index contributed by atoms with van der Waals surface area (Å²) in [7, 11) is 0. The highest BCUT2D eigenvalue weighted by atomic mass is 16.6. The maximum absolute atomic E-state index is 12.9. The van der Waals surface area contributed by atoms with Gasteiger partial charge in [-0.15, -0.1) is 0 Å². The molecule has 8 heteroatoms. The number of anilines is 3. The van der Waals surface area contributed by atoms with Crippen LogP contribution in [0.4, 0.5) is 21.9 Å². The van der Waals surface area contributed by atoms with E-state index in [2.05, 4.69) is 17.0 Å². The smallest absolute Gasteiger partial charge is 0.414 e. The molecule has 0 atom stereocenters. The highest BCUT2D eigenvalue weighted by Crippen LogP contribution is 2.34. The highest BCUT2D eigenvalue weighted by Gasteiger charge is 2.34. The molecule has 2 N–H and O–H groups in total. The molecule has 180 valence electrons. The van der Waals surface area contributed by atoms with E-state index in [1.807, 2.05) is 44.2 Å². The first-order valence-corrected chi connectivity index (χ1v) is 11.7. The lowest BCUT2D eigenvalue weighted by molar-refractivity contribution is 0.0778. The first kappa shape index (κ1) is 23.6. The van der Waals surface area contributed by atoms with E-state index in [4.69, 9.17) is 4.74 Å². The number of rotatable bonds is 7. The van der Waals surface area contributed by atoms with E-state index in [0.29, 0.717) is 44.0 Å². The van der Waals surface area contributed by atoms with E-state index in [1.165, 1.54) is 0 Å². The topological polar surface area (TPSA) is 85.4 Å². The predicted molar refractivity (Wildman–Crippen MR) is 133 cm³/mol. The molecule has 2 aliphatic heterocycles. The molecule has 0 aromatic heterocycles. The lowest BCUT2D eigenvalue weighted by Crippen LogP contribution is -2.49. The van der Waals surface area contributed by atoms with Gasteiger partial charge in [-0.2, -0.15) is 0 Å². The zero-order chi connectivity index (χ0) is 24.2. The molecule has 34 heavy (non-hydrogen) atoms. The maximum atomic E-state index is 12.9. The number of para-hydroxylation sites is 1. The molecule has 1 fully saturated rings. The zero-order valence-corrected chi connectivity index (χ0v) is 19.8. The van der Waals surface area contributed by atoms with Crippen LogP contribution in [0.5, 0.6) is 0 Å².